The third kappa shape index (κ3) is 2.93. The number of nitrogens with one attached hydrogen (secondary N) is 1. The lowest BCUT2D eigenvalue weighted by Crippen LogP contribution is -2.36. The number of hydrogen-bond donors (Lipinski definition) is 1. The van der Waals surface area contributed by atoms with E-state index in [-0.39, 0.29) is 16.9 Å². The summed E-state index contributed by atoms with van der Waals surface area (Å²) in [7, 11) is 0. The van der Waals surface area contributed by atoms with Crippen LogP contribution in [0.3, 0.4) is 0 Å². The molecule has 0 saturated carbocycles. The largest absolute Gasteiger partial charge is 0.361 e. The van der Waals surface area contributed by atoms with E-state index in [0.717, 1.165) is 23.4 Å². The van der Waals surface area contributed by atoms with Crippen LogP contribution in [0.25, 0.3) is 0 Å². The molecule has 1 atom stereocenters. The van der Waals surface area contributed by atoms with E-state index in [9.17, 15) is 20.2 Å². The van der Waals surface area contributed by atoms with E-state index in [1.54, 1.807) is 12.1 Å². The number of allylic oxidation sites excluding steroid dienone is 4. The molecule has 1 aliphatic heterocycles. The molecule has 3 rings (SSSR count). The third-order valence-corrected chi connectivity index (χ3v) is 4.80. The number of nitrogens with zero attached hydrogens (tertiary/aromatic N) is 2. The highest BCUT2D eigenvalue weighted by molar-refractivity contribution is 6.00. The van der Waals surface area contributed by atoms with Crippen molar-refractivity contribution in [3.63, 3.8) is 0 Å². The summed E-state index contributed by atoms with van der Waals surface area (Å²) >= 11 is 0. The minimum absolute atomic E-state index is 0.0119. The molecule has 1 unspecified atom stereocenters. The van der Waals surface area contributed by atoms with Crippen molar-refractivity contribution in [3.8, 4) is 6.07 Å². The second-order valence-electron chi connectivity index (χ2n) is 7.39. The van der Waals surface area contributed by atoms with Gasteiger partial charge in [-0.3, -0.25) is 14.9 Å². The molecule has 0 amide bonds. The first-order valence-corrected chi connectivity index (χ1v) is 8.12. The molecular weight excluding hydrogens is 318 g/mol. The fourth-order valence-corrected chi connectivity index (χ4v) is 3.71. The Morgan fingerprint density at radius 2 is 1.92 bits per heavy atom. The molecule has 0 spiro atoms. The van der Waals surface area contributed by atoms with Crippen molar-refractivity contribution in [1.29, 1.82) is 5.26 Å². The zero-order valence-corrected chi connectivity index (χ0v) is 14.4. The van der Waals surface area contributed by atoms with Gasteiger partial charge in [-0.2, -0.15) is 5.26 Å². The number of nitriles is 1. The minimum Gasteiger partial charge on any atom is -0.361 e. The van der Waals surface area contributed by atoms with E-state index < -0.39 is 10.8 Å². The second-order valence-corrected chi connectivity index (χ2v) is 7.39. The van der Waals surface area contributed by atoms with Crippen LogP contribution >= 0.6 is 0 Å². The number of Topliss-reactive ketones (excluding diaryl/α,β-unsaturated/α-hetero) is 1. The average Bonchev–Trinajstić information content (AvgIpc) is 2.52. The van der Waals surface area contributed by atoms with Gasteiger partial charge in [-0.25, -0.2) is 0 Å². The number of ketones is 1. The van der Waals surface area contributed by atoms with Gasteiger partial charge in [0.1, 0.15) is 0 Å². The van der Waals surface area contributed by atoms with E-state index in [1.165, 1.54) is 12.1 Å². The number of non-ortho nitro benzene ring substituents is 1. The monoisotopic (exact) mass is 337 g/mol. The minimum atomic E-state index is -0.467. The Morgan fingerprint density at radius 3 is 2.48 bits per heavy atom. The highest BCUT2D eigenvalue weighted by Crippen LogP contribution is 2.46. The van der Waals surface area contributed by atoms with Crippen LogP contribution in [0.15, 0.2) is 46.8 Å². The molecule has 128 valence electrons. The predicted molar refractivity (Wildman–Crippen MR) is 92.3 cm³/mol. The highest BCUT2D eigenvalue weighted by Gasteiger charge is 2.41. The number of benzene rings is 1. The molecule has 0 aromatic heterocycles. The molecule has 0 fully saturated rings. The molecule has 0 bridgehead atoms. The van der Waals surface area contributed by atoms with Crippen molar-refractivity contribution in [3.05, 3.63) is 62.5 Å². The quantitative estimate of drug-likeness (QED) is 0.655. The summed E-state index contributed by atoms with van der Waals surface area (Å²) in [5.41, 5.74) is 3.28. The lowest BCUT2D eigenvalue weighted by atomic mass is 9.69. The van der Waals surface area contributed by atoms with E-state index >= 15 is 0 Å². The van der Waals surface area contributed by atoms with Crippen molar-refractivity contribution in [2.24, 2.45) is 5.41 Å². The van der Waals surface area contributed by atoms with Gasteiger partial charge in [-0.1, -0.05) is 26.0 Å². The van der Waals surface area contributed by atoms with Crippen LogP contribution in [0.2, 0.25) is 0 Å². The van der Waals surface area contributed by atoms with Gasteiger partial charge < -0.3 is 5.32 Å². The molecule has 1 heterocycles. The third-order valence-electron chi connectivity index (χ3n) is 4.80. The maximum absolute atomic E-state index is 12.8. The van der Waals surface area contributed by atoms with Crippen molar-refractivity contribution in [2.75, 3.05) is 0 Å². The Bertz CT molecular complexity index is 870. The summed E-state index contributed by atoms with van der Waals surface area (Å²) in [6, 6.07) is 8.31. The maximum atomic E-state index is 12.8. The first-order valence-electron chi connectivity index (χ1n) is 8.12. The standard InChI is InChI=1S/C19H19N3O3/c1-11-14(10-20)17(12-4-6-13(7-5-12)22(24)25)18-15(21-11)8-19(2,3)9-16(18)23/h4-7,17,21H,8-9H2,1-3H3. The van der Waals surface area contributed by atoms with E-state index in [2.05, 4.69) is 25.2 Å². The number of carbonyl (C=O) groups is 1. The number of rotatable bonds is 2. The number of nitro benzene ring substituents is 1. The van der Waals surface area contributed by atoms with Crippen LogP contribution in [0.5, 0.6) is 0 Å². The fourth-order valence-electron chi connectivity index (χ4n) is 3.71. The predicted octanol–water partition coefficient (Wildman–Crippen LogP) is 3.72. The SMILES string of the molecule is CC1=C(C#N)C(c2ccc([N+](=O)[O-])cc2)C2=C(CC(C)(C)CC2=O)N1. The number of carbonyl (C=O) groups excluding carboxylic acids is 1. The molecule has 1 N–H and O–H groups in total. The summed E-state index contributed by atoms with van der Waals surface area (Å²) in [5.74, 6) is -0.437. The van der Waals surface area contributed by atoms with Crippen molar-refractivity contribution >= 4 is 11.5 Å². The number of dihydropyridines is 1. The maximum Gasteiger partial charge on any atom is 0.269 e. The first kappa shape index (κ1) is 16.9. The summed E-state index contributed by atoms with van der Waals surface area (Å²) < 4.78 is 0. The molecule has 1 aromatic carbocycles. The Kier molecular flexibility index (Phi) is 3.96. The molecule has 0 radical (unpaired) electrons. The van der Waals surface area contributed by atoms with Gasteiger partial charge in [0.05, 0.1) is 22.5 Å². The topological polar surface area (TPSA) is 96.0 Å². The molecular formula is C19H19N3O3. The first-order chi connectivity index (χ1) is 11.7. The van der Waals surface area contributed by atoms with Gasteiger partial charge in [0.2, 0.25) is 0 Å². The number of hydrogen-bond acceptors (Lipinski definition) is 5. The van der Waals surface area contributed by atoms with Gasteiger partial charge >= 0.3 is 0 Å². The summed E-state index contributed by atoms with van der Waals surface area (Å²) in [6.45, 7) is 5.93. The zero-order chi connectivity index (χ0) is 18.4. The summed E-state index contributed by atoms with van der Waals surface area (Å²) in [4.78, 5) is 23.3. The van der Waals surface area contributed by atoms with Crippen LogP contribution in [0, 0.1) is 26.9 Å². The van der Waals surface area contributed by atoms with Crippen molar-refractivity contribution in [1.82, 2.24) is 5.32 Å². The molecule has 25 heavy (non-hydrogen) atoms. The van der Waals surface area contributed by atoms with Crippen molar-refractivity contribution < 1.29 is 9.72 Å². The summed E-state index contributed by atoms with van der Waals surface area (Å²) in [5, 5.41) is 23.8. The molecule has 1 aromatic rings. The Morgan fingerprint density at radius 1 is 1.28 bits per heavy atom. The van der Waals surface area contributed by atoms with Gasteiger partial charge in [-0.15, -0.1) is 0 Å². The van der Waals surface area contributed by atoms with Gasteiger partial charge in [0.15, 0.2) is 5.78 Å². The highest BCUT2D eigenvalue weighted by atomic mass is 16.6. The van der Waals surface area contributed by atoms with Crippen LogP contribution in [0.1, 0.15) is 45.1 Å². The molecule has 1 aliphatic carbocycles. The smallest absolute Gasteiger partial charge is 0.269 e. The van der Waals surface area contributed by atoms with E-state index in [1.807, 2.05) is 6.92 Å². The second kappa shape index (κ2) is 5.85. The van der Waals surface area contributed by atoms with E-state index in [0.29, 0.717) is 17.6 Å². The Hall–Kier alpha value is -2.94. The number of nitro groups is 1. The Labute approximate surface area is 146 Å². The van der Waals surface area contributed by atoms with E-state index in [4.69, 9.17) is 0 Å². The average molecular weight is 337 g/mol. The van der Waals surface area contributed by atoms with Gasteiger partial charge in [-0.05, 0) is 24.3 Å². The van der Waals surface area contributed by atoms with Gasteiger partial charge in [0.25, 0.3) is 5.69 Å². The molecule has 6 nitrogen and oxygen atoms in total. The van der Waals surface area contributed by atoms with Crippen LogP contribution in [-0.4, -0.2) is 10.7 Å². The summed E-state index contributed by atoms with van der Waals surface area (Å²) in [6.07, 6.45) is 1.16. The molecule has 6 heteroatoms. The lowest BCUT2D eigenvalue weighted by molar-refractivity contribution is -0.384. The van der Waals surface area contributed by atoms with Crippen molar-refractivity contribution in [2.45, 2.75) is 39.5 Å². The Balaban J connectivity index is 2.14. The molecule has 2 aliphatic rings. The van der Waals surface area contributed by atoms with Crippen LogP contribution < -0.4 is 5.32 Å². The molecule has 0 saturated heterocycles. The fraction of sp³-hybridized carbons (Fsp3) is 0.368. The lowest BCUT2D eigenvalue weighted by Gasteiger charge is -2.38. The normalized spacial score (nSPS) is 22.2. The van der Waals surface area contributed by atoms with Crippen LogP contribution in [0.4, 0.5) is 5.69 Å². The zero-order valence-electron chi connectivity index (χ0n) is 14.4. The van der Waals surface area contributed by atoms with Gasteiger partial charge in [0, 0.05) is 35.5 Å². The van der Waals surface area contributed by atoms with Crippen LogP contribution in [-0.2, 0) is 4.79 Å².